The zero-order valence-electron chi connectivity index (χ0n) is 10.2. The number of fused-ring (bicyclic) bond motifs is 1. The molecule has 4 heteroatoms. The van der Waals surface area contributed by atoms with Crippen LogP contribution in [0.1, 0.15) is 29.5 Å². The quantitative estimate of drug-likeness (QED) is 0.895. The van der Waals surface area contributed by atoms with E-state index in [-0.39, 0.29) is 5.82 Å². The lowest BCUT2D eigenvalue weighted by atomic mass is 9.98. The number of benzene rings is 1. The molecule has 18 heavy (non-hydrogen) atoms. The van der Waals surface area contributed by atoms with Gasteiger partial charge in [0.1, 0.15) is 10.8 Å². The Morgan fingerprint density at radius 3 is 3.00 bits per heavy atom. The normalized spacial score (nSPS) is 18.7. The zero-order chi connectivity index (χ0) is 12.5. The zero-order valence-corrected chi connectivity index (χ0v) is 11.1. The molecule has 1 aromatic heterocycles. The van der Waals surface area contributed by atoms with Crippen LogP contribution in [-0.2, 0) is 6.42 Å². The van der Waals surface area contributed by atoms with Crippen molar-refractivity contribution in [2.45, 2.75) is 25.3 Å². The van der Waals surface area contributed by atoms with Crippen molar-refractivity contribution in [2.24, 2.45) is 0 Å². The number of aryl methyl sites for hydroxylation is 1. The molecule has 0 radical (unpaired) electrons. The Labute approximate surface area is 110 Å². The topological polar surface area (TPSA) is 24.9 Å². The highest BCUT2D eigenvalue weighted by Crippen LogP contribution is 2.38. The summed E-state index contributed by atoms with van der Waals surface area (Å²) >= 11 is 1.62. The molecule has 1 aliphatic carbocycles. The van der Waals surface area contributed by atoms with Crippen molar-refractivity contribution in [1.29, 1.82) is 0 Å². The van der Waals surface area contributed by atoms with E-state index in [1.165, 1.54) is 10.9 Å². The van der Waals surface area contributed by atoms with Gasteiger partial charge in [0, 0.05) is 16.5 Å². The molecule has 1 heterocycles. The number of nitrogens with one attached hydrogen (secondary N) is 1. The second-order valence-corrected chi connectivity index (χ2v) is 5.57. The fourth-order valence-corrected chi connectivity index (χ4v) is 3.73. The lowest BCUT2D eigenvalue weighted by Gasteiger charge is -2.19. The minimum absolute atomic E-state index is 0.190. The maximum atomic E-state index is 13.8. The molecule has 0 aliphatic heterocycles. The van der Waals surface area contributed by atoms with Gasteiger partial charge in [-0.1, -0.05) is 12.1 Å². The Morgan fingerprint density at radius 1 is 1.39 bits per heavy atom. The van der Waals surface area contributed by atoms with Crippen molar-refractivity contribution in [3.8, 4) is 10.6 Å². The van der Waals surface area contributed by atoms with Crippen LogP contribution in [0.4, 0.5) is 4.39 Å². The lowest BCUT2D eigenvalue weighted by Crippen LogP contribution is -2.19. The summed E-state index contributed by atoms with van der Waals surface area (Å²) in [5.41, 5.74) is 1.76. The van der Waals surface area contributed by atoms with E-state index in [2.05, 4.69) is 10.3 Å². The Kier molecular flexibility index (Phi) is 3.14. The van der Waals surface area contributed by atoms with Crippen LogP contribution in [-0.4, -0.2) is 12.0 Å². The average Bonchev–Trinajstić information content (AvgIpc) is 2.82. The molecule has 3 rings (SSSR count). The van der Waals surface area contributed by atoms with Crippen LogP contribution in [0.3, 0.4) is 0 Å². The molecule has 1 atom stereocenters. The van der Waals surface area contributed by atoms with Crippen LogP contribution < -0.4 is 5.32 Å². The molecule has 0 bridgehead atoms. The number of halogens is 1. The van der Waals surface area contributed by atoms with E-state index >= 15 is 0 Å². The first kappa shape index (κ1) is 11.8. The van der Waals surface area contributed by atoms with E-state index in [9.17, 15) is 4.39 Å². The highest BCUT2D eigenvalue weighted by atomic mass is 32.1. The first-order chi connectivity index (χ1) is 8.79. The number of aromatic nitrogens is 1. The monoisotopic (exact) mass is 262 g/mol. The van der Waals surface area contributed by atoms with Gasteiger partial charge in [-0.2, -0.15) is 0 Å². The molecular weight excluding hydrogens is 247 g/mol. The third-order valence-corrected chi connectivity index (χ3v) is 4.65. The molecule has 0 saturated heterocycles. The Balaban J connectivity index is 2.05. The number of hydrogen-bond donors (Lipinski definition) is 1. The molecule has 0 spiro atoms. The van der Waals surface area contributed by atoms with Gasteiger partial charge < -0.3 is 5.32 Å². The first-order valence-corrected chi connectivity index (χ1v) is 7.03. The molecule has 0 saturated carbocycles. The van der Waals surface area contributed by atoms with Gasteiger partial charge in [0.2, 0.25) is 0 Å². The maximum absolute atomic E-state index is 13.8. The summed E-state index contributed by atoms with van der Waals surface area (Å²) < 4.78 is 13.8. The minimum atomic E-state index is -0.190. The van der Waals surface area contributed by atoms with E-state index in [0.717, 1.165) is 30.0 Å². The summed E-state index contributed by atoms with van der Waals surface area (Å²) in [5.74, 6) is -0.190. The number of hydrogen-bond acceptors (Lipinski definition) is 3. The van der Waals surface area contributed by atoms with Crippen LogP contribution in [0.5, 0.6) is 0 Å². The second-order valence-electron chi connectivity index (χ2n) is 4.54. The summed E-state index contributed by atoms with van der Waals surface area (Å²) in [5, 5.41) is 4.12. The molecule has 2 nitrogen and oxygen atoms in total. The van der Waals surface area contributed by atoms with Gasteiger partial charge in [0.05, 0.1) is 5.69 Å². The summed E-state index contributed by atoms with van der Waals surface area (Å²) in [4.78, 5) is 5.90. The minimum Gasteiger partial charge on any atom is -0.312 e. The Bertz CT molecular complexity index is 565. The van der Waals surface area contributed by atoms with Gasteiger partial charge >= 0.3 is 0 Å². The second kappa shape index (κ2) is 4.78. The molecule has 1 aliphatic rings. The highest BCUT2D eigenvalue weighted by molar-refractivity contribution is 7.15. The van der Waals surface area contributed by atoms with Gasteiger partial charge in [-0.25, -0.2) is 9.37 Å². The van der Waals surface area contributed by atoms with Gasteiger partial charge in [-0.3, -0.25) is 0 Å². The molecule has 1 unspecified atom stereocenters. The predicted octanol–water partition coefficient (Wildman–Crippen LogP) is 3.55. The third-order valence-electron chi connectivity index (χ3n) is 3.40. The summed E-state index contributed by atoms with van der Waals surface area (Å²) in [6, 6.07) is 7.24. The summed E-state index contributed by atoms with van der Waals surface area (Å²) in [6.07, 6.45) is 3.31. The van der Waals surface area contributed by atoms with E-state index in [1.807, 2.05) is 13.1 Å². The molecule has 0 fully saturated rings. The number of thiazole rings is 1. The smallest absolute Gasteiger partial charge is 0.133 e. The van der Waals surface area contributed by atoms with E-state index in [0.29, 0.717) is 11.6 Å². The van der Waals surface area contributed by atoms with Crippen molar-refractivity contribution in [2.75, 3.05) is 7.05 Å². The van der Waals surface area contributed by atoms with Gasteiger partial charge in [-0.05, 0) is 38.4 Å². The SMILES string of the molecule is CNC1CCCc2nc(-c3ccccc3F)sc21. The van der Waals surface area contributed by atoms with E-state index in [1.54, 1.807) is 23.5 Å². The van der Waals surface area contributed by atoms with Crippen molar-refractivity contribution in [3.05, 3.63) is 40.7 Å². The van der Waals surface area contributed by atoms with Gasteiger partial charge in [0.25, 0.3) is 0 Å². The maximum Gasteiger partial charge on any atom is 0.133 e. The summed E-state index contributed by atoms with van der Waals surface area (Å²) in [6.45, 7) is 0. The number of rotatable bonds is 2. The summed E-state index contributed by atoms with van der Waals surface area (Å²) in [7, 11) is 1.97. The average molecular weight is 262 g/mol. The fraction of sp³-hybridized carbons (Fsp3) is 0.357. The van der Waals surface area contributed by atoms with Crippen LogP contribution in [0.2, 0.25) is 0 Å². The fourth-order valence-electron chi connectivity index (χ4n) is 2.44. The van der Waals surface area contributed by atoms with Gasteiger partial charge in [-0.15, -0.1) is 11.3 Å². The van der Waals surface area contributed by atoms with E-state index < -0.39 is 0 Å². The lowest BCUT2D eigenvalue weighted by molar-refractivity contribution is 0.501. The molecule has 2 aromatic rings. The first-order valence-electron chi connectivity index (χ1n) is 6.21. The van der Waals surface area contributed by atoms with Crippen LogP contribution in [0.25, 0.3) is 10.6 Å². The third kappa shape index (κ3) is 1.95. The molecule has 0 amide bonds. The molecule has 1 N–H and O–H groups in total. The largest absolute Gasteiger partial charge is 0.312 e. The van der Waals surface area contributed by atoms with Crippen molar-refractivity contribution >= 4 is 11.3 Å². The number of nitrogens with zero attached hydrogens (tertiary/aromatic N) is 1. The predicted molar refractivity (Wildman–Crippen MR) is 72.2 cm³/mol. The molecular formula is C14H15FN2S. The van der Waals surface area contributed by atoms with Crippen LogP contribution >= 0.6 is 11.3 Å². The van der Waals surface area contributed by atoms with Crippen molar-refractivity contribution in [1.82, 2.24) is 10.3 Å². The Hall–Kier alpha value is -1.26. The highest BCUT2D eigenvalue weighted by Gasteiger charge is 2.24. The van der Waals surface area contributed by atoms with Crippen LogP contribution in [0, 0.1) is 5.82 Å². The van der Waals surface area contributed by atoms with Crippen LogP contribution in [0.15, 0.2) is 24.3 Å². The van der Waals surface area contributed by atoms with Crippen molar-refractivity contribution < 1.29 is 4.39 Å². The van der Waals surface area contributed by atoms with E-state index in [4.69, 9.17) is 0 Å². The standard InChI is InChI=1S/C14H15FN2S/c1-16-11-7-4-8-12-13(11)18-14(17-12)9-5-2-3-6-10(9)15/h2-3,5-6,11,16H,4,7-8H2,1H3. The van der Waals surface area contributed by atoms with Crippen molar-refractivity contribution in [3.63, 3.8) is 0 Å². The molecule has 1 aromatic carbocycles. The Morgan fingerprint density at radius 2 is 2.22 bits per heavy atom. The van der Waals surface area contributed by atoms with Gasteiger partial charge in [0.15, 0.2) is 0 Å². The molecule has 94 valence electrons.